The number of benzene rings is 2. The molecule has 7 nitrogen and oxygen atoms in total. The molecule has 0 N–H and O–H groups in total. The Morgan fingerprint density at radius 2 is 1.86 bits per heavy atom. The number of nitrogens with zero attached hydrogens (tertiary/aromatic N) is 3. The van der Waals surface area contributed by atoms with Gasteiger partial charge in [-0.05, 0) is 42.8 Å². The largest absolute Gasteiger partial charge is 0.496 e. The molecule has 8 heteroatoms. The third-order valence-corrected chi connectivity index (χ3v) is 5.27. The van der Waals surface area contributed by atoms with Crippen molar-refractivity contribution in [3.63, 3.8) is 0 Å². The Morgan fingerprint density at radius 3 is 2.59 bits per heavy atom. The molecule has 0 bridgehead atoms. The van der Waals surface area contributed by atoms with Crippen molar-refractivity contribution in [3.8, 4) is 28.6 Å². The summed E-state index contributed by atoms with van der Waals surface area (Å²) in [4.78, 5) is 17.8. The monoisotopic (exact) mass is 409 g/mol. The van der Waals surface area contributed by atoms with E-state index in [0.717, 1.165) is 11.1 Å². The number of hydrogen-bond acceptors (Lipinski definition) is 7. The van der Waals surface area contributed by atoms with Crippen LogP contribution in [0.1, 0.15) is 12.5 Å². The molecular formula is C21H19N3O4S. The SMILES string of the molecule is CCOc1ccc(/C=c2\sc3nc(-c4ccccc4OC)nn3c2=O)cc1OC. The minimum atomic E-state index is -0.216. The Kier molecular flexibility index (Phi) is 5.18. The standard InChI is InChI=1S/C21H19N3O4S/c1-4-28-16-10-9-13(11-17(16)27-3)12-18-20(25)24-21(29-18)22-19(23-24)14-7-5-6-8-15(14)26-2/h5-12H,4H2,1-3H3/b18-12-. The third kappa shape index (κ3) is 3.54. The zero-order chi connectivity index (χ0) is 20.4. The number of hydrogen-bond donors (Lipinski definition) is 0. The fourth-order valence-electron chi connectivity index (χ4n) is 2.98. The molecule has 0 aliphatic rings. The molecule has 2 aromatic heterocycles. The predicted molar refractivity (Wildman–Crippen MR) is 112 cm³/mol. The smallest absolute Gasteiger partial charge is 0.291 e. The second-order valence-electron chi connectivity index (χ2n) is 6.09. The maximum absolute atomic E-state index is 12.8. The Hall–Kier alpha value is -3.39. The highest BCUT2D eigenvalue weighted by atomic mass is 32.1. The first-order valence-corrected chi connectivity index (χ1v) is 9.81. The lowest BCUT2D eigenvalue weighted by Crippen LogP contribution is -2.23. The molecule has 0 unspecified atom stereocenters. The second kappa shape index (κ2) is 7.92. The highest BCUT2D eigenvalue weighted by Gasteiger charge is 2.15. The summed E-state index contributed by atoms with van der Waals surface area (Å²) < 4.78 is 18.1. The normalized spacial score (nSPS) is 11.8. The van der Waals surface area contributed by atoms with Gasteiger partial charge in [0.2, 0.25) is 4.96 Å². The highest BCUT2D eigenvalue weighted by molar-refractivity contribution is 7.15. The number of fused-ring (bicyclic) bond motifs is 1. The van der Waals surface area contributed by atoms with Crippen molar-refractivity contribution in [3.05, 3.63) is 62.9 Å². The van der Waals surface area contributed by atoms with Crippen molar-refractivity contribution >= 4 is 22.4 Å². The third-order valence-electron chi connectivity index (χ3n) is 4.32. The van der Waals surface area contributed by atoms with Crippen LogP contribution in [0.4, 0.5) is 0 Å². The summed E-state index contributed by atoms with van der Waals surface area (Å²) in [6.45, 7) is 2.46. The average Bonchev–Trinajstić information content (AvgIpc) is 3.28. The molecule has 0 saturated heterocycles. The van der Waals surface area contributed by atoms with Gasteiger partial charge >= 0.3 is 0 Å². The van der Waals surface area contributed by atoms with Crippen molar-refractivity contribution in [2.45, 2.75) is 6.92 Å². The fourth-order valence-corrected chi connectivity index (χ4v) is 3.89. The molecule has 0 atom stereocenters. The van der Waals surface area contributed by atoms with Gasteiger partial charge in [0, 0.05) is 0 Å². The van der Waals surface area contributed by atoms with Crippen molar-refractivity contribution in [1.82, 2.24) is 14.6 Å². The van der Waals surface area contributed by atoms with Gasteiger partial charge in [0.1, 0.15) is 5.75 Å². The molecule has 4 aromatic rings. The highest BCUT2D eigenvalue weighted by Crippen LogP contribution is 2.29. The summed E-state index contributed by atoms with van der Waals surface area (Å²) in [5, 5.41) is 4.38. The van der Waals surface area contributed by atoms with E-state index >= 15 is 0 Å². The minimum absolute atomic E-state index is 0.216. The first kappa shape index (κ1) is 18.9. The molecule has 4 rings (SSSR count). The Balaban J connectivity index is 1.76. The van der Waals surface area contributed by atoms with Crippen LogP contribution < -0.4 is 24.3 Å². The summed E-state index contributed by atoms with van der Waals surface area (Å²) in [5.41, 5.74) is 1.36. The Bertz CT molecular complexity index is 1280. The first-order chi connectivity index (χ1) is 14.1. The van der Waals surface area contributed by atoms with Crippen LogP contribution in [0, 0.1) is 0 Å². The van der Waals surface area contributed by atoms with E-state index in [1.54, 1.807) is 20.3 Å². The van der Waals surface area contributed by atoms with Gasteiger partial charge in [-0.2, -0.15) is 9.50 Å². The zero-order valence-electron chi connectivity index (χ0n) is 16.2. The van der Waals surface area contributed by atoms with E-state index in [-0.39, 0.29) is 5.56 Å². The van der Waals surface area contributed by atoms with Gasteiger partial charge in [0.05, 0.1) is 30.9 Å². The lowest BCUT2D eigenvalue weighted by molar-refractivity contribution is 0.311. The predicted octanol–water partition coefficient (Wildman–Crippen LogP) is 2.78. The van der Waals surface area contributed by atoms with Crippen LogP contribution in [-0.2, 0) is 0 Å². The summed E-state index contributed by atoms with van der Waals surface area (Å²) in [6.07, 6.45) is 1.80. The Morgan fingerprint density at radius 1 is 1.07 bits per heavy atom. The van der Waals surface area contributed by atoms with Crippen molar-refractivity contribution in [1.29, 1.82) is 0 Å². The number of rotatable bonds is 6. The molecule has 2 aromatic carbocycles. The minimum Gasteiger partial charge on any atom is -0.496 e. The quantitative estimate of drug-likeness (QED) is 0.488. The summed E-state index contributed by atoms with van der Waals surface area (Å²) >= 11 is 1.28. The van der Waals surface area contributed by atoms with Crippen LogP contribution in [0.15, 0.2) is 47.3 Å². The van der Waals surface area contributed by atoms with Crippen LogP contribution in [0.3, 0.4) is 0 Å². The maximum atomic E-state index is 12.8. The lowest BCUT2D eigenvalue weighted by Gasteiger charge is -2.09. The van der Waals surface area contributed by atoms with Gasteiger partial charge in [0.15, 0.2) is 17.3 Å². The van der Waals surface area contributed by atoms with Crippen molar-refractivity contribution in [2.75, 3.05) is 20.8 Å². The van der Waals surface area contributed by atoms with Gasteiger partial charge in [0.25, 0.3) is 5.56 Å². The van der Waals surface area contributed by atoms with Crippen molar-refractivity contribution < 1.29 is 14.2 Å². The van der Waals surface area contributed by atoms with E-state index in [0.29, 0.717) is 39.2 Å². The van der Waals surface area contributed by atoms with Crippen LogP contribution in [0.25, 0.3) is 22.4 Å². The molecule has 0 saturated carbocycles. The van der Waals surface area contributed by atoms with Gasteiger partial charge in [-0.25, -0.2) is 0 Å². The molecule has 0 spiro atoms. The molecule has 0 aliphatic carbocycles. The number of thiazole rings is 1. The number of ether oxygens (including phenoxy) is 3. The molecule has 29 heavy (non-hydrogen) atoms. The topological polar surface area (TPSA) is 75.0 Å². The molecule has 0 aliphatic heterocycles. The number of methoxy groups -OCH3 is 2. The van der Waals surface area contributed by atoms with Gasteiger partial charge in [-0.3, -0.25) is 4.79 Å². The average molecular weight is 409 g/mol. The van der Waals surface area contributed by atoms with Crippen molar-refractivity contribution in [2.24, 2.45) is 0 Å². The van der Waals surface area contributed by atoms with E-state index in [1.165, 1.54) is 15.9 Å². The van der Waals surface area contributed by atoms with Crippen LogP contribution in [0.5, 0.6) is 17.2 Å². The summed E-state index contributed by atoms with van der Waals surface area (Å²) in [7, 11) is 3.18. The van der Waals surface area contributed by atoms with Crippen LogP contribution >= 0.6 is 11.3 Å². The first-order valence-electron chi connectivity index (χ1n) is 9.00. The van der Waals surface area contributed by atoms with E-state index in [4.69, 9.17) is 14.2 Å². The lowest BCUT2D eigenvalue weighted by atomic mass is 10.2. The molecular weight excluding hydrogens is 390 g/mol. The van der Waals surface area contributed by atoms with Crippen LogP contribution in [-0.4, -0.2) is 35.4 Å². The van der Waals surface area contributed by atoms with E-state index in [9.17, 15) is 4.79 Å². The maximum Gasteiger partial charge on any atom is 0.291 e. The zero-order valence-corrected chi connectivity index (χ0v) is 17.0. The summed E-state index contributed by atoms with van der Waals surface area (Å²) in [6, 6.07) is 13.0. The van der Waals surface area contributed by atoms with Gasteiger partial charge in [-0.1, -0.05) is 29.5 Å². The molecule has 0 radical (unpaired) electrons. The Labute approximate surface area is 170 Å². The molecule has 148 valence electrons. The van der Waals surface area contributed by atoms with Gasteiger partial charge < -0.3 is 14.2 Å². The number of aromatic nitrogens is 3. The second-order valence-corrected chi connectivity index (χ2v) is 7.10. The van der Waals surface area contributed by atoms with E-state index < -0.39 is 0 Å². The van der Waals surface area contributed by atoms with Gasteiger partial charge in [-0.15, -0.1) is 5.10 Å². The molecule has 0 fully saturated rings. The molecule has 0 amide bonds. The summed E-state index contributed by atoms with van der Waals surface area (Å²) in [5.74, 6) is 2.40. The fraction of sp³-hybridized carbons (Fsp3) is 0.190. The number of para-hydroxylation sites is 1. The van der Waals surface area contributed by atoms with Crippen LogP contribution in [0.2, 0.25) is 0 Å². The van der Waals surface area contributed by atoms with E-state index in [1.807, 2.05) is 49.4 Å². The van der Waals surface area contributed by atoms with E-state index in [2.05, 4.69) is 10.1 Å². The molecule has 2 heterocycles.